The Morgan fingerprint density at radius 2 is 1.86 bits per heavy atom. The molecule has 0 amide bonds. The molecule has 0 saturated heterocycles. The third kappa shape index (κ3) is 3.78. The van der Waals surface area contributed by atoms with E-state index in [9.17, 15) is 23.1 Å². The molecule has 1 aromatic heterocycles. The quantitative estimate of drug-likeness (QED) is 0.628. The highest BCUT2D eigenvalue weighted by molar-refractivity contribution is 7.16. The summed E-state index contributed by atoms with van der Waals surface area (Å²) in [6.45, 7) is -1.42. The van der Waals surface area contributed by atoms with Crippen LogP contribution in [0.5, 0.6) is 0 Å². The molecular weight excluding hydrogens is 404 g/mol. The topological polar surface area (TPSA) is 75.3 Å². The van der Waals surface area contributed by atoms with Gasteiger partial charge in [-0.05, 0) is 34.4 Å². The predicted molar refractivity (Wildman–Crippen MR) is 105 cm³/mol. The van der Waals surface area contributed by atoms with Crippen molar-refractivity contribution < 1.29 is 28.2 Å². The summed E-state index contributed by atoms with van der Waals surface area (Å²) in [7, 11) is 1.91. The predicted octanol–water partition coefficient (Wildman–Crippen LogP) is 3.75. The monoisotopic (exact) mass is 422 g/mol. The highest BCUT2D eigenvalue weighted by atomic mass is 31.0. The molecule has 1 heterocycles. The van der Waals surface area contributed by atoms with Gasteiger partial charge in [-0.25, -0.2) is 13.2 Å². The van der Waals surface area contributed by atoms with Crippen LogP contribution in [0.25, 0.3) is 22.3 Å². The van der Waals surface area contributed by atoms with Crippen molar-refractivity contribution in [1.82, 2.24) is 9.78 Å². The Morgan fingerprint density at radius 1 is 1.17 bits per heavy atom. The lowest BCUT2D eigenvalue weighted by Gasteiger charge is -2.22. The minimum Gasteiger partial charge on any atom is -0.480 e. The van der Waals surface area contributed by atoms with Gasteiger partial charge >= 0.3 is 5.97 Å². The number of rotatable bonds is 4. The van der Waals surface area contributed by atoms with Gasteiger partial charge < -0.3 is 10.2 Å². The average molecular weight is 422 g/mol. The van der Waals surface area contributed by atoms with Gasteiger partial charge in [0.25, 0.3) is 0 Å². The van der Waals surface area contributed by atoms with Crippen LogP contribution in [0.4, 0.5) is 13.2 Å². The summed E-state index contributed by atoms with van der Waals surface area (Å²) >= 11 is 0. The lowest BCUT2D eigenvalue weighted by atomic mass is 9.91. The molecular formula is C20H18F3N2O3P. The molecule has 5 nitrogen and oxygen atoms in total. The van der Waals surface area contributed by atoms with Crippen molar-refractivity contribution in [1.29, 1.82) is 0 Å². The number of carboxylic acid groups (broad SMARTS) is 1. The van der Waals surface area contributed by atoms with E-state index in [0.717, 1.165) is 6.07 Å². The standard InChI is InChI=1S/C19H14F2N2O3.CH4FP/c20-10-19(26)15-4-2-1-3-13(15)18-14(5-12(21)6-16(18)19)11-7-22-23(8-11)9-17(24)25;2-1-3/h1-8,26H,9-10H2,(H,24,25);1,3H2. The number of aliphatic hydroxyl groups is 1. The second kappa shape index (κ2) is 8.35. The molecule has 0 spiro atoms. The Bertz CT molecular complexity index is 1060. The van der Waals surface area contributed by atoms with Crippen LogP contribution in [0.15, 0.2) is 48.8 Å². The maximum absolute atomic E-state index is 14.3. The SMILES string of the molecule is FCP.O=C(O)Cn1cc(-c2cc(F)cc3c2-c2ccccc2C3(O)CF)cn1. The van der Waals surface area contributed by atoms with E-state index in [1.54, 1.807) is 24.3 Å². The van der Waals surface area contributed by atoms with E-state index in [4.69, 9.17) is 5.11 Å². The maximum Gasteiger partial charge on any atom is 0.325 e. The molecule has 2 atom stereocenters. The molecule has 0 bridgehead atoms. The van der Waals surface area contributed by atoms with Gasteiger partial charge in [0.15, 0.2) is 0 Å². The molecule has 29 heavy (non-hydrogen) atoms. The van der Waals surface area contributed by atoms with Crippen molar-refractivity contribution >= 4 is 15.2 Å². The molecule has 9 heteroatoms. The number of aliphatic carboxylic acids is 1. The fourth-order valence-electron chi connectivity index (χ4n) is 3.53. The minimum atomic E-state index is -1.92. The number of hydrogen-bond acceptors (Lipinski definition) is 3. The van der Waals surface area contributed by atoms with Gasteiger partial charge in [-0.15, -0.1) is 9.24 Å². The van der Waals surface area contributed by atoms with Crippen LogP contribution in [0.2, 0.25) is 0 Å². The van der Waals surface area contributed by atoms with Gasteiger partial charge in [-0.2, -0.15) is 5.10 Å². The van der Waals surface area contributed by atoms with Gasteiger partial charge in [0.05, 0.1) is 6.20 Å². The van der Waals surface area contributed by atoms with Gasteiger partial charge in [-0.1, -0.05) is 24.3 Å². The number of benzene rings is 2. The fourth-order valence-corrected chi connectivity index (χ4v) is 3.53. The smallest absolute Gasteiger partial charge is 0.325 e. The van der Waals surface area contributed by atoms with Crippen molar-refractivity contribution in [2.75, 3.05) is 13.1 Å². The van der Waals surface area contributed by atoms with Crippen LogP contribution in [0.3, 0.4) is 0 Å². The van der Waals surface area contributed by atoms with Crippen molar-refractivity contribution in [2.45, 2.75) is 12.1 Å². The van der Waals surface area contributed by atoms with Crippen LogP contribution in [0.1, 0.15) is 11.1 Å². The molecule has 0 radical (unpaired) electrons. The molecule has 4 rings (SSSR count). The van der Waals surface area contributed by atoms with E-state index in [-0.39, 0.29) is 18.5 Å². The number of nitrogens with zero attached hydrogens (tertiary/aromatic N) is 2. The third-order valence-electron chi connectivity index (χ3n) is 4.63. The van der Waals surface area contributed by atoms with Crippen molar-refractivity contribution in [3.05, 3.63) is 65.7 Å². The molecule has 0 saturated carbocycles. The number of halogens is 3. The van der Waals surface area contributed by atoms with Gasteiger partial charge in [0, 0.05) is 17.3 Å². The zero-order valence-corrected chi connectivity index (χ0v) is 16.3. The normalized spacial score (nSPS) is 16.6. The first-order chi connectivity index (χ1) is 13.8. The molecule has 0 fully saturated rings. The zero-order valence-electron chi connectivity index (χ0n) is 15.1. The summed E-state index contributed by atoms with van der Waals surface area (Å²) in [6, 6.07) is 9.22. The Balaban J connectivity index is 0.000000755. The Labute approximate surface area is 167 Å². The molecule has 2 unspecified atom stereocenters. The molecule has 0 aliphatic heterocycles. The molecule has 152 valence electrons. The number of alkyl halides is 2. The first kappa shape index (κ1) is 21.0. The van der Waals surface area contributed by atoms with Gasteiger partial charge in [-0.3, -0.25) is 9.48 Å². The second-order valence-corrected chi connectivity index (χ2v) is 6.70. The number of carboxylic acids is 1. The maximum atomic E-state index is 14.3. The number of fused-ring (bicyclic) bond motifs is 3. The summed E-state index contributed by atoms with van der Waals surface area (Å²) in [6.07, 6.45) is 2.58. The van der Waals surface area contributed by atoms with Crippen molar-refractivity contribution in [3.63, 3.8) is 0 Å². The van der Waals surface area contributed by atoms with Crippen LogP contribution in [-0.4, -0.2) is 39.1 Å². The summed E-state index contributed by atoms with van der Waals surface area (Å²) in [5.74, 6) is -1.68. The summed E-state index contributed by atoms with van der Waals surface area (Å²) in [5.41, 5.74) is 0.665. The largest absolute Gasteiger partial charge is 0.480 e. The molecule has 2 aromatic carbocycles. The average Bonchev–Trinajstić information content (AvgIpc) is 3.24. The van der Waals surface area contributed by atoms with E-state index in [1.165, 1.54) is 23.1 Å². The first-order valence-corrected chi connectivity index (χ1v) is 9.40. The lowest BCUT2D eigenvalue weighted by molar-refractivity contribution is -0.137. The molecule has 3 aromatic rings. The summed E-state index contributed by atoms with van der Waals surface area (Å²) in [5, 5.41) is 23.7. The summed E-state index contributed by atoms with van der Waals surface area (Å²) < 4.78 is 39.5. The van der Waals surface area contributed by atoms with Gasteiger partial charge in [0.2, 0.25) is 0 Å². The van der Waals surface area contributed by atoms with E-state index in [2.05, 4.69) is 5.10 Å². The molecule has 1 aliphatic carbocycles. The van der Waals surface area contributed by atoms with Crippen LogP contribution in [0, 0.1) is 5.82 Å². The van der Waals surface area contributed by atoms with E-state index in [1.807, 2.05) is 9.24 Å². The third-order valence-corrected chi connectivity index (χ3v) is 4.63. The van der Waals surface area contributed by atoms with Crippen molar-refractivity contribution in [3.8, 4) is 22.3 Å². The lowest BCUT2D eigenvalue weighted by Crippen LogP contribution is -2.27. The number of hydrogen-bond donors (Lipinski definition) is 2. The molecule has 1 aliphatic rings. The van der Waals surface area contributed by atoms with Crippen LogP contribution in [-0.2, 0) is 16.9 Å². The molecule has 2 N–H and O–H groups in total. The minimum absolute atomic E-state index is 0.155. The van der Waals surface area contributed by atoms with E-state index in [0.29, 0.717) is 27.8 Å². The van der Waals surface area contributed by atoms with E-state index < -0.39 is 24.1 Å². The first-order valence-electron chi connectivity index (χ1n) is 8.58. The number of carbonyl (C=O) groups is 1. The Hall–Kier alpha value is -2.70. The van der Waals surface area contributed by atoms with E-state index >= 15 is 0 Å². The van der Waals surface area contributed by atoms with Crippen LogP contribution < -0.4 is 0 Å². The highest BCUT2D eigenvalue weighted by Gasteiger charge is 2.43. The van der Waals surface area contributed by atoms with Crippen LogP contribution >= 0.6 is 9.24 Å². The zero-order chi connectivity index (χ0) is 21.2. The fraction of sp³-hybridized carbons (Fsp3) is 0.200. The van der Waals surface area contributed by atoms with Gasteiger partial charge in [0.1, 0.15) is 31.1 Å². The van der Waals surface area contributed by atoms with Crippen molar-refractivity contribution in [2.24, 2.45) is 0 Å². The Morgan fingerprint density at radius 3 is 2.52 bits per heavy atom. The second-order valence-electron chi connectivity index (χ2n) is 6.39. The summed E-state index contributed by atoms with van der Waals surface area (Å²) in [4.78, 5) is 10.8. The highest BCUT2D eigenvalue weighted by Crippen LogP contribution is 2.51. The Kier molecular flexibility index (Phi) is 6.05. The number of aromatic nitrogens is 2.